The van der Waals surface area contributed by atoms with Crippen molar-refractivity contribution in [2.45, 2.75) is 0 Å². The lowest BCUT2D eigenvalue weighted by Gasteiger charge is -2.07. The molecule has 1 aromatic heterocycles. The zero-order valence-corrected chi connectivity index (χ0v) is 11.0. The number of halogens is 2. The van der Waals surface area contributed by atoms with E-state index in [4.69, 9.17) is 17.4 Å². The highest BCUT2D eigenvalue weighted by Gasteiger charge is 2.01. The van der Waals surface area contributed by atoms with Crippen LogP contribution in [0.25, 0.3) is 0 Å². The van der Waals surface area contributed by atoms with E-state index in [1.54, 1.807) is 12.3 Å². The summed E-state index contributed by atoms with van der Waals surface area (Å²) in [5.74, 6) is 6.32. The average molecular weight is 315 g/mol. The molecule has 0 amide bonds. The van der Waals surface area contributed by atoms with Gasteiger partial charge in [-0.25, -0.2) is 10.8 Å². The summed E-state index contributed by atoms with van der Waals surface area (Å²) in [5.41, 5.74) is 3.25. The molecule has 0 fully saturated rings. The van der Waals surface area contributed by atoms with Gasteiger partial charge in [-0.3, -0.25) is 4.98 Å². The normalized spacial score (nSPS) is 10.1. The van der Waals surface area contributed by atoms with Gasteiger partial charge in [-0.05, 0) is 34.1 Å². The van der Waals surface area contributed by atoms with E-state index in [-0.39, 0.29) is 0 Å². The molecule has 7 heteroatoms. The Labute approximate surface area is 112 Å². The van der Waals surface area contributed by atoms with E-state index in [0.29, 0.717) is 16.7 Å². The van der Waals surface area contributed by atoms with Crippen LogP contribution in [0.2, 0.25) is 5.02 Å². The van der Waals surface area contributed by atoms with Crippen molar-refractivity contribution in [2.75, 3.05) is 10.7 Å². The number of aromatic nitrogens is 2. The zero-order chi connectivity index (χ0) is 12.3. The predicted molar refractivity (Wildman–Crippen MR) is 72.3 cm³/mol. The Bertz CT molecular complexity index is 534. The molecular weight excluding hydrogens is 306 g/mol. The van der Waals surface area contributed by atoms with Crippen LogP contribution in [0.4, 0.5) is 17.3 Å². The third-order valence-electron chi connectivity index (χ3n) is 1.97. The fraction of sp³-hybridized carbons (Fsp3) is 0. The van der Waals surface area contributed by atoms with Crippen LogP contribution in [0.5, 0.6) is 0 Å². The van der Waals surface area contributed by atoms with E-state index in [1.165, 1.54) is 6.20 Å². The molecule has 0 aliphatic heterocycles. The minimum Gasteiger partial charge on any atom is -0.339 e. The molecule has 4 N–H and O–H groups in total. The summed E-state index contributed by atoms with van der Waals surface area (Å²) in [6.45, 7) is 0. The molecule has 0 aliphatic rings. The van der Waals surface area contributed by atoms with Crippen molar-refractivity contribution in [3.63, 3.8) is 0 Å². The SMILES string of the molecule is NNc1cncc(Nc2ccc(Br)c(Cl)c2)n1. The van der Waals surface area contributed by atoms with E-state index in [2.05, 4.69) is 36.6 Å². The van der Waals surface area contributed by atoms with E-state index in [9.17, 15) is 0 Å². The molecule has 0 unspecified atom stereocenters. The van der Waals surface area contributed by atoms with E-state index >= 15 is 0 Å². The van der Waals surface area contributed by atoms with Crippen LogP contribution in [0.15, 0.2) is 35.1 Å². The Hall–Kier alpha value is -1.37. The standard InChI is InChI=1S/C10H9BrClN5/c11-7-2-1-6(3-8(7)12)15-9-4-14-5-10(16-9)17-13/h1-5H,13H2,(H2,15,16,17). The molecule has 0 spiro atoms. The summed E-state index contributed by atoms with van der Waals surface area (Å²) in [6, 6.07) is 5.51. The van der Waals surface area contributed by atoms with Crippen LogP contribution >= 0.6 is 27.5 Å². The topological polar surface area (TPSA) is 75.9 Å². The second-order valence-corrected chi connectivity index (χ2v) is 4.45. The molecule has 0 saturated heterocycles. The van der Waals surface area contributed by atoms with Gasteiger partial charge in [-0.15, -0.1) is 0 Å². The summed E-state index contributed by atoms with van der Waals surface area (Å²) >= 11 is 9.31. The van der Waals surface area contributed by atoms with Gasteiger partial charge in [0.1, 0.15) is 0 Å². The first-order valence-electron chi connectivity index (χ1n) is 4.70. The molecule has 2 rings (SSSR count). The Kier molecular flexibility index (Phi) is 3.78. The third kappa shape index (κ3) is 3.06. The summed E-state index contributed by atoms with van der Waals surface area (Å²) in [7, 11) is 0. The fourth-order valence-electron chi connectivity index (χ4n) is 1.22. The lowest BCUT2D eigenvalue weighted by Crippen LogP contribution is -2.09. The van der Waals surface area contributed by atoms with Crippen molar-refractivity contribution >= 4 is 44.9 Å². The van der Waals surface area contributed by atoms with Crippen molar-refractivity contribution in [1.29, 1.82) is 0 Å². The number of hydrogen-bond acceptors (Lipinski definition) is 5. The van der Waals surface area contributed by atoms with Gasteiger partial charge in [0.05, 0.1) is 17.4 Å². The van der Waals surface area contributed by atoms with Crippen LogP contribution in [0.3, 0.4) is 0 Å². The van der Waals surface area contributed by atoms with Gasteiger partial charge in [0.15, 0.2) is 11.6 Å². The number of nitrogen functional groups attached to an aromatic ring is 1. The first-order valence-corrected chi connectivity index (χ1v) is 5.87. The van der Waals surface area contributed by atoms with Gasteiger partial charge < -0.3 is 10.7 Å². The van der Waals surface area contributed by atoms with Crippen LogP contribution in [0, 0.1) is 0 Å². The number of hydrazine groups is 1. The third-order valence-corrected chi connectivity index (χ3v) is 3.21. The summed E-state index contributed by atoms with van der Waals surface area (Å²) < 4.78 is 0.841. The maximum atomic E-state index is 5.98. The predicted octanol–water partition coefficient (Wildman–Crippen LogP) is 2.92. The fourth-order valence-corrected chi connectivity index (χ4v) is 1.64. The number of nitrogens with zero attached hydrogens (tertiary/aromatic N) is 2. The highest BCUT2D eigenvalue weighted by molar-refractivity contribution is 9.10. The highest BCUT2D eigenvalue weighted by Crippen LogP contribution is 2.26. The van der Waals surface area contributed by atoms with Crippen molar-refractivity contribution < 1.29 is 0 Å². The minimum atomic E-state index is 0.484. The molecule has 17 heavy (non-hydrogen) atoms. The lowest BCUT2D eigenvalue weighted by molar-refractivity contribution is 1.16. The maximum Gasteiger partial charge on any atom is 0.160 e. The van der Waals surface area contributed by atoms with Crippen molar-refractivity contribution in [1.82, 2.24) is 9.97 Å². The van der Waals surface area contributed by atoms with Crippen molar-refractivity contribution in [3.8, 4) is 0 Å². The van der Waals surface area contributed by atoms with Gasteiger partial charge >= 0.3 is 0 Å². The second-order valence-electron chi connectivity index (χ2n) is 3.19. The number of hydrogen-bond donors (Lipinski definition) is 3. The summed E-state index contributed by atoms with van der Waals surface area (Å²) in [5, 5.41) is 3.69. The van der Waals surface area contributed by atoms with Crippen LogP contribution in [0.1, 0.15) is 0 Å². The van der Waals surface area contributed by atoms with Crippen LogP contribution in [-0.2, 0) is 0 Å². The Morgan fingerprint density at radius 1 is 1.24 bits per heavy atom. The highest BCUT2D eigenvalue weighted by atomic mass is 79.9. The van der Waals surface area contributed by atoms with Gasteiger partial charge in [-0.2, -0.15) is 0 Å². The molecule has 0 radical (unpaired) electrons. The largest absolute Gasteiger partial charge is 0.339 e. The van der Waals surface area contributed by atoms with Gasteiger partial charge in [0, 0.05) is 10.2 Å². The van der Waals surface area contributed by atoms with Crippen molar-refractivity contribution in [3.05, 3.63) is 40.1 Å². The second kappa shape index (κ2) is 5.31. The quantitative estimate of drug-likeness (QED) is 0.600. The lowest BCUT2D eigenvalue weighted by atomic mass is 10.3. The number of rotatable bonds is 3. The Balaban J connectivity index is 2.22. The Morgan fingerprint density at radius 3 is 2.71 bits per heavy atom. The molecule has 0 saturated carbocycles. The van der Waals surface area contributed by atoms with E-state index in [1.807, 2.05) is 12.1 Å². The first-order chi connectivity index (χ1) is 8.19. The van der Waals surface area contributed by atoms with Gasteiger partial charge in [0.2, 0.25) is 0 Å². The summed E-state index contributed by atoms with van der Waals surface area (Å²) in [4.78, 5) is 8.16. The molecule has 88 valence electrons. The maximum absolute atomic E-state index is 5.98. The number of nitrogens with one attached hydrogen (secondary N) is 2. The summed E-state index contributed by atoms with van der Waals surface area (Å²) in [6.07, 6.45) is 3.12. The molecular formula is C10H9BrClN5. The van der Waals surface area contributed by atoms with E-state index in [0.717, 1.165) is 10.2 Å². The van der Waals surface area contributed by atoms with Gasteiger partial charge in [-0.1, -0.05) is 11.6 Å². The monoisotopic (exact) mass is 313 g/mol. The Morgan fingerprint density at radius 2 is 2.00 bits per heavy atom. The van der Waals surface area contributed by atoms with Crippen LogP contribution in [-0.4, -0.2) is 9.97 Å². The number of anilines is 3. The minimum absolute atomic E-state index is 0.484. The number of nitrogens with two attached hydrogens (primary N) is 1. The first kappa shape index (κ1) is 12.1. The van der Waals surface area contributed by atoms with E-state index < -0.39 is 0 Å². The molecule has 1 heterocycles. The molecule has 5 nitrogen and oxygen atoms in total. The molecule has 1 aromatic carbocycles. The molecule has 2 aromatic rings. The molecule has 0 bridgehead atoms. The van der Waals surface area contributed by atoms with Crippen molar-refractivity contribution in [2.24, 2.45) is 5.84 Å². The van der Waals surface area contributed by atoms with Gasteiger partial charge in [0.25, 0.3) is 0 Å². The number of benzene rings is 1. The molecule has 0 atom stereocenters. The zero-order valence-electron chi connectivity index (χ0n) is 8.61. The average Bonchev–Trinajstić information content (AvgIpc) is 2.34. The smallest absolute Gasteiger partial charge is 0.160 e. The van der Waals surface area contributed by atoms with Crippen LogP contribution < -0.4 is 16.6 Å². The molecule has 0 aliphatic carbocycles.